The molecule has 0 aliphatic heterocycles. The summed E-state index contributed by atoms with van der Waals surface area (Å²) in [6, 6.07) is 0. The van der Waals surface area contributed by atoms with Crippen molar-refractivity contribution in [3.8, 4) is 0 Å². The first kappa shape index (κ1) is 19.5. The molecule has 2 N–H and O–H groups in total. The predicted molar refractivity (Wildman–Crippen MR) is 82.9 cm³/mol. The minimum atomic E-state index is -0.405. The Balaban J connectivity index is 3.97. The van der Waals surface area contributed by atoms with Gasteiger partial charge in [0.05, 0.1) is 4.48 Å². The van der Waals surface area contributed by atoms with Crippen molar-refractivity contribution in [1.82, 2.24) is 10.6 Å². The summed E-state index contributed by atoms with van der Waals surface area (Å²) in [4.78, 5) is 44.5. The molecule has 0 unspecified atom stereocenters. The number of hydrogen-bond acceptors (Lipinski definition) is 4. The van der Waals surface area contributed by atoms with Gasteiger partial charge in [0.1, 0.15) is 11.6 Å². The van der Waals surface area contributed by atoms with Crippen LogP contribution in [-0.4, -0.2) is 36.5 Å². The summed E-state index contributed by atoms with van der Waals surface area (Å²) in [7, 11) is 0. The second kappa shape index (κ2) is 11.2. The molecular formula is C14H21BrN2O4. The largest absolute Gasteiger partial charge is 0.353 e. The number of amides is 2. The van der Waals surface area contributed by atoms with E-state index in [1.54, 1.807) is 0 Å². The van der Waals surface area contributed by atoms with Gasteiger partial charge in [-0.2, -0.15) is 0 Å². The Kier molecular flexibility index (Phi) is 10.4. The van der Waals surface area contributed by atoms with Crippen LogP contribution in [0.15, 0.2) is 10.6 Å². The van der Waals surface area contributed by atoms with Crippen LogP contribution in [0.25, 0.3) is 0 Å². The molecule has 0 rings (SSSR count). The lowest BCUT2D eigenvalue weighted by molar-refractivity contribution is -0.119. The fourth-order valence-corrected chi connectivity index (χ4v) is 1.75. The molecule has 0 saturated carbocycles. The number of nitrogens with one attached hydrogen (secondary N) is 2. The molecule has 0 aliphatic rings. The van der Waals surface area contributed by atoms with E-state index in [4.69, 9.17) is 0 Å². The Morgan fingerprint density at radius 1 is 0.905 bits per heavy atom. The average molecular weight is 361 g/mol. The van der Waals surface area contributed by atoms with E-state index in [-0.39, 0.29) is 16.0 Å². The fraction of sp³-hybridized carbons (Fsp3) is 0.571. The lowest BCUT2D eigenvalue weighted by Crippen LogP contribution is -2.27. The highest BCUT2D eigenvalue weighted by atomic mass is 79.9. The summed E-state index contributed by atoms with van der Waals surface area (Å²) in [6.07, 6.45) is 3.12. The van der Waals surface area contributed by atoms with Gasteiger partial charge in [-0.3, -0.25) is 9.59 Å². The topological polar surface area (TPSA) is 92.3 Å². The number of Topliss-reactive ketones (excluding diaryl/α,β-unsaturated/α-hetero) is 2. The van der Waals surface area contributed by atoms with Gasteiger partial charge in [0, 0.05) is 32.0 Å². The second-order valence-electron chi connectivity index (χ2n) is 4.65. The number of halogens is 1. The third kappa shape index (κ3) is 12.0. The molecule has 2 amide bonds. The SMILES string of the molecule is CC(=O)CCCNC(=O)/C=C(\Br)C(=O)NCCCC(C)=O. The highest BCUT2D eigenvalue weighted by molar-refractivity contribution is 9.12. The third-order valence-corrected chi connectivity index (χ3v) is 3.06. The zero-order valence-corrected chi connectivity index (χ0v) is 13.9. The lowest BCUT2D eigenvalue weighted by Gasteiger charge is -2.04. The molecule has 0 aromatic rings. The molecule has 0 fully saturated rings. The molecule has 0 spiro atoms. The predicted octanol–water partition coefficient (Wildman–Crippen LogP) is 1.24. The Bertz CT molecular complexity index is 433. The van der Waals surface area contributed by atoms with Crippen LogP contribution in [0.1, 0.15) is 39.5 Å². The maximum Gasteiger partial charge on any atom is 0.258 e. The van der Waals surface area contributed by atoms with Gasteiger partial charge in [0.2, 0.25) is 5.91 Å². The van der Waals surface area contributed by atoms with Crippen LogP contribution in [0.5, 0.6) is 0 Å². The minimum absolute atomic E-state index is 0.0730. The number of carbonyl (C=O) groups excluding carboxylic acids is 4. The molecule has 7 heteroatoms. The zero-order chi connectivity index (χ0) is 16.3. The number of hydrogen-bond donors (Lipinski definition) is 2. The van der Waals surface area contributed by atoms with Gasteiger partial charge in [-0.25, -0.2) is 0 Å². The van der Waals surface area contributed by atoms with Crippen LogP contribution in [0.2, 0.25) is 0 Å². The van der Waals surface area contributed by atoms with Gasteiger partial charge in [-0.05, 0) is 42.6 Å². The van der Waals surface area contributed by atoms with Crippen molar-refractivity contribution in [1.29, 1.82) is 0 Å². The third-order valence-electron chi connectivity index (χ3n) is 2.47. The van der Waals surface area contributed by atoms with E-state index < -0.39 is 11.8 Å². The molecular weight excluding hydrogens is 340 g/mol. The van der Waals surface area contributed by atoms with Crippen molar-refractivity contribution in [2.75, 3.05) is 13.1 Å². The van der Waals surface area contributed by atoms with Gasteiger partial charge in [-0.15, -0.1) is 0 Å². The van der Waals surface area contributed by atoms with Gasteiger partial charge < -0.3 is 20.2 Å². The summed E-state index contributed by atoms with van der Waals surface area (Å²) in [5, 5.41) is 5.18. The summed E-state index contributed by atoms with van der Waals surface area (Å²) < 4.78 is 0.120. The van der Waals surface area contributed by atoms with Crippen LogP contribution in [0.3, 0.4) is 0 Å². The Labute approximate surface area is 132 Å². The summed E-state index contributed by atoms with van der Waals surface area (Å²) >= 11 is 3.02. The summed E-state index contributed by atoms with van der Waals surface area (Å²) in [6.45, 7) is 3.75. The van der Waals surface area contributed by atoms with E-state index in [0.717, 1.165) is 6.08 Å². The smallest absolute Gasteiger partial charge is 0.258 e. The molecule has 0 radical (unpaired) electrons. The van der Waals surface area contributed by atoms with Crippen LogP contribution in [0, 0.1) is 0 Å². The average Bonchev–Trinajstić information content (AvgIpc) is 2.39. The molecule has 0 atom stereocenters. The molecule has 118 valence electrons. The van der Waals surface area contributed by atoms with E-state index in [9.17, 15) is 19.2 Å². The first-order chi connectivity index (χ1) is 9.82. The quantitative estimate of drug-likeness (QED) is 0.452. The molecule has 0 aliphatic carbocycles. The second-order valence-corrected chi connectivity index (χ2v) is 5.50. The highest BCUT2D eigenvalue weighted by Crippen LogP contribution is 2.04. The van der Waals surface area contributed by atoms with Gasteiger partial charge in [-0.1, -0.05) is 0 Å². The minimum Gasteiger partial charge on any atom is -0.353 e. The number of carbonyl (C=O) groups is 4. The summed E-state index contributed by atoms with van der Waals surface area (Å²) in [5.74, 6) is -0.656. The maximum atomic E-state index is 11.6. The van der Waals surface area contributed by atoms with Crippen LogP contribution in [-0.2, 0) is 19.2 Å². The van der Waals surface area contributed by atoms with Crippen LogP contribution >= 0.6 is 15.9 Å². The van der Waals surface area contributed by atoms with E-state index in [1.165, 1.54) is 13.8 Å². The molecule has 21 heavy (non-hydrogen) atoms. The Morgan fingerprint density at radius 2 is 1.38 bits per heavy atom. The lowest BCUT2D eigenvalue weighted by atomic mass is 10.2. The van der Waals surface area contributed by atoms with Crippen molar-refractivity contribution < 1.29 is 19.2 Å². The molecule has 6 nitrogen and oxygen atoms in total. The molecule has 0 aromatic carbocycles. The normalized spacial score (nSPS) is 10.9. The zero-order valence-electron chi connectivity index (χ0n) is 12.3. The number of ketones is 2. The summed E-state index contributed by atoms with van der Waals surface area (Å²) in [5.41, 5.74) is 0. The van der Waals surface area contributed by atoms with Gasteiger partial charge >= 0.3 is 0 Å². The number of rotatable bonds is 10. The van der Waals surface area contributed by atoms with Gasteiger partial charge in [0.25, 0.3) is 5.91 Å². The first-order valence-electron chi connectivity index (χ1n) is 6.75. The van der Waals surface area contributed by atoms with Crippen molar-refractivity contribution in [3.05, 3.63) is 10.6 Å². The standard InChI is InChI=1S/C14H21BrN2O4/c1-10(18)5-3-7-16-13(20)9-12(15)14(21)17-8-4-6-11(2)19/h9H,3-8H2,1-2H3,(H,16,20)(H,17,21)/b12-9-. The first-order valence-corrected chi connectivity index (χ1v) is 7.54. The molecule has 0 bridgehead atoms. The van der Waals surface area contributed by atoms with E-state index in [2.05, 4.69) is 26.6 Å². The van der Waals surface area contributed by atoms with Crippen LogP contribution in [0.4, 0.5) is 0 Å². The van der Waals surface area contributed by atoms with E-state index in [1.807, 2.05) is 0 Å². The highest BCUT2D eigenvalue weighted by Gasteiger charge is 2.08. The van der Waals surface area contributed by atoms with E-state index in [0.29, 0.717) is 38.8 Å². The van der Waals surface area contributed by atoms with Crippen LogP contribution < -0.4 is 10.6 Å². The maximum absolute atomic E-state index is 11.6. The molecule has 0 heterocycles. The molecule has 0 aromatic heterocycles. The Morgan fingerprint density at radius 3 is 1.86 bits per heavy atom. The van der Waals surface area contributed by atoms with Crippen molar-refractivity contribution in [2.45, 2.75) is 39.5 Å². The monoisotopic (exact) mass is 360 g/mol. The Hall–Kier alpha value is -1.50. The van der Waals surface area contributed by atoms with E-state index >= 15 is 0 Å². The van der Waals surface area contributed by atoms with Crippen molar-refractivity contribution in [3.63, 3.8) is 0 Å². The van der Waals surface area contributed by atoms with Gasteiger partial charge in [0.15, 0.2) is 0 Å². The van der Waals surface area contributed by atoms with Crippen molar-refractivity contribution >= 4 is 39.3 Å². The van der Waals surface area contributed by atoms with Crippen molar-refractivity contribution in [2.24, 2.45) is 0 Å². The molecule has 0 saturated heterocycles. The fourth-order valence-electron chi connectivity index (χ4n) is 1.40.